The van der Waals surface area contributed by atoms with Crippen molar-refractivity contribution in [2.24, 2.45) is 5.92 Å². The summed E-state index contributed by atoms with van der Waals surface area (Å²) in [5, 5.41) is 0. The maximum Gasteiger partial charge on any atom is 0.0249 e. The topological polar surface area (TPSA) is 0 Å². The van der Waals surface area contributed by atoms with Crippen LogP contribution in [0.1, 0.15) is 30.0 Å². The summed E-state index contributed by atoms with van der Waals surface area (Å²) in [4.78, 5) is 0. The fourth-order valence-corrected chi connectivity index (χ4v) is 1.60. The quantitative estimate of drug-likeness (QED) is 0.657. The number of hydrogen-bond donors (Lipinski definition) is 0. The molecule has 0 bridgehead atoms. The van der Waals surface area contributed by atoms with Gasteiger partial charge >= 0.3 is 0 Å². The molecule has 0 saturated heterocycles. The molecule has 0 saturated carbocycles. The van der Waals surface area contributed by atoms with Gasteiger partial charge in [-0.15, -0.1) is 11.6 Å². The van der Waals surface area contributed by atoms with Gasteiger partial charge in [0.15, 0.2) is 0 Å². The molecule has 0 radical (unpaired) electrons. The van der Waals surface area contributed by atoms with Crippen molar-refractivity contribution in [2.75, 3.05) is 5.88 Å². The Morgan fingerprint density at radius 1 is 1.21 bits per heavy atom. The molecule has 0 aliphatic rings. The highest BCUT2D eigenvalue weighted by molar-refractivity contribution is 6.18. The average molecular weight is 211 g/mol. The second-order valence-corrected chi connectivity index (χ2v) is 4.53. The SMILES string of the molecule is Cc1ccc(CCC(C)CCl)cc1C. The van der Waals surface area contributed by atoms with Gasteiger partial charge in [-0.1, -0.05) is 25.1 Å². The van der Waals surface area contributed by atoms with Gasteiger partial charge in [0.2, 0.25) is 0 Å². The van der Waals surface area contributed by atoms with E-state index >= 15 is 0 Å². The lowest BCUT2D eigenvalue weighted by molar-refractivity contribution is 0.593. The van der Waals surface area contributed by atoms with Crippen LogP contribution in [-0.4, -0.2) is 5.88 Å². The van der Waals surface area contributed by atoms with Gasteiger partial charge in [-0.25, -0.2) is 0 Å². The van der Waals surface area contributed by atoms with Crippen LogP contribution < -0.4 is 0 Å². The van der Waals surface area contributed by atoms with E-state index in [1.165, 1.54) is 23.1 Å². The minimum Gasteiger partial charge on any atom is -0.126 e. The van der Waals surface area contributed by atoms with Crippen molar-refractivity contribution in [1.29, 1.82) is 0 Å². The maximum atomic E-state index is 5.77. The predicted molar refractivity (Wildman–Crippen MR) is 64.1 cm³/mol. The van der Waals surface area contributed by atoms with Crippen LogP contribution in [0.5, 0.6) is 0 Å². The molecule has 0 N–H and O–H groups in total. The van der Waals surface area contributed by atoms with Gasteiger partial charge in [0.05, 0.1) is 0 Å². The highest BCUT2D eigenvalue weighted by Gasteiger charge is 2.01. The summed E-state index contributed by atoms with van der Waals surface area (Å²) in [6.07, 6.45) is 2.33. The molecule has 1 rings (SSSR count). The second kappa shape index (κ2) is 5.41. The molecule has 0 nitrogen and oxygen atoms in total. The monoisotopic (exact) mass is 210 g/mol. The van der Waals surface area contributed by atoms with Crippen LogP contribution in [0.4, 0.5) is 0 Å². The molecule has 0 amide bonds. The van der Waals surface area contributed by atoms with Crippen LogP contribution in [0.2, 0.25) is 0 Å². The van der Waals surface area contributed by atoms with Crippen LogP contribution in [0.15, 0.2) is 18.2 Å². The third kappa shape index (κ3) is 3.34. The number of halogens is 1. The first-order chi connectivity index (χ1) is 6.63. The van der Waals surface area contributed by atoms with Gasteiger partial charge in [-0.05, 0) is 49.3 Å². The Morgan fingerprint density at radius 3 is 2.50 bits per heavy atom. The molecule has 1 heteroatoms. The van der Waals surface area contributed by atoms with Crippen LogP contribution in [-0.2, 0) is 6.42 Å². The van der Waals surface area contributed by atoms with E-state index in [1.807, 2.05) is 0 Å². The lowest BCUT2D eigenvalue weighted by Gasteiger charge is -2.08. The lowest BCUT2D eigenvalue weighted by Crippen LogP contribution is -1.98. The zero-order valence-corrected chi connectivity index (χ0v) is 10.1. The molecule has 0 spiro atoms. The number of hydrogen-bond acceptors (Lipinski definition) is 0. The molecular weight excluding hydrogens is 192 g/mol. The van der Waals surface area contributed by atoms with E-state index < -0.39 is 0 Å². The summed E-state index contributed by atoms with van der Waals surface area (Å²) in [6, 6.07) is 6.72. The van der Waals surface area contributed by atoms with E-state index in [2.05, 4.69) is 39.0 Å². The van der Waals surface area contributed by atoms with E-state index in [1.54, 1.807) is 0 Å². The lowest BCUT2D eigenvalue weighted by atomic mass is 9.99. The predicted octanol–water partition coefficient (Wildman–Crippen LogP) is 4.11. The molecule has 1 aromatic rings. The first-order valence-electron chi connectivity index (χ1n) is 5.25. The number of benzene rings is 1. The minimum atomic E-state index is 0.623. The number of rotatable bonds is 4. The molecule has 0 fully saturated rings. The summed E-state index contributed by atoms with van der Waals surface area (Å²) in [6.45, 7) is 6.53. The third-order valence-electron chi connectivity index (χ3n) is 2.76. The fraction of sp³-hybridized carbons (Fsp3) is 0.538. The normalized spacial score (nSPS) is 12.9. The molecule has 0 aliphatic carbocycles. The average Bonchev–Trinajstić information content (AvgIpc) is 2.19. The maximum absolute atomic E-state index is 5.77. The van der Waals surface area contributed by atoms with Crippen LogP contribution >= 0.6 is 11.6 Å². The van der Waals surface area contributed by atoms with E-state index in [0.29, 0.717) is 5.92 Å². The first kappa shape index (κ1) is 11.6. The molecule has 1 aromatic carbocycles. The van der Waals surface area contributed by atoms with E-state index in [4.69, 9.17) is 11.6 Å². The Bertz CT molecular complexity index is 291. The Labute approximate surface area is 92.3 Å². The summed E-state index contributed by atoms with van der Waals surface area (Å²) < 4.78 is 0. The zero-order valence-electron chi connectivity index (χ0n) is 9.31. The van der Waals surface area contributed by atoms with Crippen molar-refractivity contribution in [3.63, 3.8) is 0 Å². The van der Waals surface area contributed by atoms with Crippen molar-refractivity contribution in [3.05, 3.63) is 34.9 Å². The molecule has 0 aliphatic heterocycles. The summed E-state index contributed by atoms with van der Waals surface area (Å²) in [7, 11) is 0. The molecule has 0 heterocycles. The Hall–Kier alpha value is -0.490. The van der Waals surface area contributed by atoms with Gasteiger partial charge in [0.25, 0.3) is 0 Å². The second-order valence-electron chi connectivity index (χ2n) is 4.22. The summed E-state index contributed by atoms with van der Waals surface area (Å²) in [5.41, 5.74) is 4.20. The fourth-order valence-electron chi connectivity index (χ4n) is 1.45. The Balaban J connectivity index is 2.55. The van der Waals surface area contributed by atoms with Crippen LogP contribution in [0.3, 0.4) is 0 Å². The van der Waals surface area contributed by atoms with Crippen molar-refractivity contribution < 1.29 is 0 Å². The van der Waals surface area contributed by atoms with Crippen LogP contribution in [0.25, 0.3) is 0 Å². The molecular formula is C13H19Cl. The zero-order chi connectivity index (χ0) is 10.6. The third-order valence-corrected chi connectivity index (χ3v) is 3.29. The first-order valence-corrected chi connectivity index (χ1v) is 5.79. The van der Waals surface area contributed by atoms with E-state index in [0.717, 1.165) is 12.3 Å². The summed E-state index contributed by atoms with van der Waals surface area (Å²) >= 11 is 5.77. The molecule has 1 atom stereocenters. The highest BCUT2D eigenvalue weighted by Crippen LogP contribution is 2.14. The highest BCUT2D eigenvalue weighted by atomic mass is 35.5. The largest absolute Gasteiger partial charge is 0.126 e. The van der Waals surface area contributed by atoms with Gasteiger partial charge in [-0.3, -0.25) is 0 Å². The molecule has 0 aromatic heterocycles. The van der Waals surface area contributed by atoms with Gasteiger partial charge in [-0.2, -0.15) is 0 Å². The van der Waals surface area contributed by atoms with Gasteiger partial charge < -0.3 is 0 Å². The van der Waals surface area contributed by atoms with Crippen LogP contribution in [0, 0.1) is 19.8 Å². The van der Waals surface area contributed by atoms with Crippen molar-refractivity contribution in [2.45, 2.75) is 33.6 Å². The van der Waals surface area contributed by atoms with E-state index in [9.17, 15) is 0 Å². The number of aryl methyl sites for hydroxylation is 3. The minimum absolute atomic E-state index is 0.623. The van der Waals surface area contributed by atoms with Crippen molar-refractivity contribution >= 4 is 11.6 Å². The standard InChI is InChI=1S/C13H19Cl/c1-10(9-14)4-6-13-7-5-11(2)12(3)8-13/h5,7-8,10H,4,6,9H2,1-3H3. The van der Waals surface area contributed by atoms with Gasteiger partial charge in [0.1, 0.15) is 0 Å². The molecule has 78 valence electrons. The summed E-state index contributed by atoms with van der Waals surface area (Å²) in [5.74, 6) is 1.39. The van der Waals surface area contributed by atoms with Gasteiger partial charge in [0, 0.05) is 5.88 Å². The van der Waals surface area contributed by atoms with Crippen molar-refractivity contribution in [1.82, 2.24) is 0 Å². The molecule has 1 unspecified atom stereocenters. The number of alkyl halides is 1. The van der Waals surface area contributed by atoms with Crippen molar-refractivity contribution in [3.8, 4) is 0 Å². The smallest absolute Gasteiger partial charge is 0.0249 e. The Morgan fingerprint density at radius 2 is 1.93 bits per heavy atom. The van der Waals surface area contributed by atoms with E-state index in [-0.39, 0.29) is 0 Å². The molecule has 14 heavy (non-hydrogen) atoms. The Kier molecular flexibility index (Phi) is 4.47.